The highest BCUT2D eigenvalue weighted by Gasteiger charge is 2.23. The van der Waals surface area contributed by atoms with Gasteiger partial charge in [-0.2, -0.15) is 17.5 Å². The summed E-state index contributed by atoms with van der Waals surface area (Å²) in [5.74, 6) is 3.68. The molecule has 0 saturated carbocycles. The lowest BCUT2D eigenvalue weighted by Gasteiger charge is -2.12. The average molecular weight is 1590 g/mol. The van der Waals surface area contributed by atoms with Crippen molar-refractivity contribution in [1.82, 2.24) is 57.4 Å². The van der Waals surface area contributed by atoms with Gasteiger partial charge in [0.15, 0.2) is 34.9 Å². The van der Waals surface area contributed by atoms with Crippen molar-refractivity contribution in [3.05, 3.63) is 364 Å². The summed E-state index contributed by atoms with van der Waals surface area (Å²) < 4.78 is 27.5. The lowest BCUT2D eigenvalue weighted by molar-refractivity contribution is 0.670. The summed E-state index contributed by atoms with van der Waals surface area (Å²) in [6, 6.07) is 126. The number of nitrogens with zero attached hydrogens (tertiary/aromatic N) is 12. The summed E-state index contributed by atoms with van der Waals surface area (Å²) in [4.78, 5) is 40.6. The molecule has 0 spiro atoms. The van der Waals surface area contributed by atoms with Crippen molar-refractivity contribution in [3.8, 4) is 135 Å². The standard InChI is InChI=1S/C52H30N6OS.C52H30N6S2/c2*1-3-10-33(11-4-1)47-42-28-29-43-48(58-60-57-43)46(42)41-27-26-37(30-44(41)53-47)31-18-22-35(23-19-31)51-54-50(34-12-5-2-6-13-34)55-52(56-51)36-24-20-32(21-25-36)38-15-9-16-40-39-14-7-8-17-45(39)59-49(38)40/h2*1-30H. The van der Waals surface area contributed by atoms with Gasteiger partial charge in [-0.1, -0.05) is 315 Å². The maximum absolute atomic E-state index is 6.35. The van der Waals surface area contributed by atoms with E-state index in [1.165, 1.54) is 49.2 Å². The molecule has 0 amide bonds. The van der Waals surface area contributed by atoms with Crippen LogP contribution in [0.25, 0.3) is 243 Å². The Morgan fingerprint density at radius 3 is 1.02 bits per heavy atom. The molecule has 8 aromatic heterocycles. The third-order valence-electron chi connectivity index (χ3n) is 22.5. The molecule has 560 valence electrons. The van der Waals surface area contributed by atoms with Crippen molar-refractivity contribution in [2.75, 3.05) is 0 Å². The monoisotopic (exact) mass is 1590 g/mol. The first-order valence-electron chi connectivity index (χ1n) is 39.4. The predicted octanol–water partition coefficient (Wildman–Crippen LogP) is 27.4. The number of hydrogen-bond donors (Lipinski definition) is 0. The Morgan fingerprint density at radius 1 is 0.208 bits per heavy atom. The largest absolute Gasteiger partial charge is 0.455 e. The predicted molar refractivity (Wildman–Crippen MR) is 493 cm³/mol. The Balaban J connectivity index is 0.000000140. The lowest BCUT2D eigenvalue weighted by atomic mass is 9.96. The zero-order chi connectivity index (χ0) is 79.1. The van der Waals surface area contributed by atoms with Gasteiger partial charge in [0.2, 0.25) is 0 Å². The Kier molecular flexibility index (Phi) is 17.1. The van der Waals surface area contributed by atoms with E-state index >= 15 is 0 Å². The molecule has 0 N–H and O–H groups in total. The fourth-order valence-electron chi connectivity index (χ4n) is 16.5. The number of pyridine rings is 2. The van der Waals surface area contributed by atoms with Gasteiger partial charge in [-0.3, -0.25) is 0 Å². The Morgan fingerprint density at radius 2 is 0.558 bits per heavy atom. The molecule has 24 rings (SSSR count). The van der Waals surface area contributed by atoms with Gasteiger partial charge >= 0.3 is 0 Å². The van der Waals surface area contributed by atoms with Gasteiger partial charge in [-0.05, 0) is 87.5 Å². The van der Waals surface area contributed by atoms with Crippen LogP contribution in [-0.4, -0.2) is 57.4 Å². The molecule has 0 fully saturated rings. The van der Waals surface area contributed by atoms with Crippen molar-refractivity contribution in [2.24, 2.45) is 0 Å². The highest BCUT2D eigenvalue weighted by atomic mass is 32.1. The quantitative estimate of drug-likeness (QED) is 0.106. The maximum Gasteiger partial charge on any atom is 0.164 e. The van der Waals surface area contributed by atoms with Crippen LogP contribution in [0, 0.1) is 0 Å². The van der Waals surface area contributed by atoms with Crippen molar-refractivity contribution in [2.45, 2.75) is 0 Å². The number of rotatable bonds is 12. The highest BCUT2D eigenvalue weighted by molar-refractivity contribution is 7.26. The molecule has 0 saturated heterocycles. The number of thiophene rings is 1. The van der Waals surface area contributed by atoms with E-state index in [2.05, 4.69) is 257 Å². The highest BCUT2D eigenvalue weighted by Crippen LogP contribution is 2.45. The lowest BCUT2D eigenvalue weighted by Crippen LogP contribution is -2.00. The first-order chi connectivity index (χ1) is 59.4. The van der Waals surface area contributed by atoms with E-state index in [-0.39, 0.29) is 0 Å². The van der Waals surface area contributed by atoms with Crippen molar-refractivity contribution in [3.63, 3.8) is 0 Å². The zero-order valence-corrected chi connectivity index (χ0v) is 66.1. The van der Waals surface area contributed by atoms with Crippen LogP contribution in [0.15, 0.2) is 368 Å². The molecule has 16 heteroatoms. The van der Waals surface area contributed by atoms with Gasteiger partial charge in [0.25, 0.3) is 0 Å². The van der Waals surface area contributed by atoms with Gasteiger partial charge in [0.05, 0.1) is 45.9 Å². The second-order valence-electron chi connectivity index (χ2n) is 29.6. The van der Waals surface area contributed by atoms with Crippen LogP contribution < -0.4 is 0 Å². The average Bonchev–Trinajstić information content (AvgIpc) is 1.34. The van der Waals surface area contributed by atoms with Gasteiger partial charge in [0, 0.05) is 113 Å². The van der Waals surface area contributed by atoms with E-state index in [1.807, 2.05) is 127 Å². The first kappa shape index (κ1) is 70.0. The second-order valence-corrected chi connectivity index (χ2v) is 31.7. The summed E-state index contributed by atoms with van der Waals surface area (Å²) >= 11 is 4.32. The summed E-state index contributed by atoms with van der Waals surface area (Å²) in [6.45, 7) is 0. The molecule has 0 aliphatic rings. The number of fused-ring (bicyclic) bond motifs is 16. The minimum Gasteiger partial charge on any atom is -0.455 e. The third kappa shape index (κ3) is 12.5. The van der Waals surface area contributed by atoms with E-state index in [0.717, 1.165) is 182 Å². The summed E-state index contributed by atoms with van der Waals surface area (Å²) in [6.07, 6.45) is 0. The number of benzene rings is 16. The summed E-state index contributed by atoms with van der Waals surface area (Å²) in [5, 5.41) is 11.2. The van der Waals surface area contributed by atoms with Crippen LogP contribution in [0.2, 0.25) is 0 Å². The van der Waals surface area contributed by atoms with Crippen LogP contribution in [0.4, 0.5) is 0 Å². The molecule has 0 radical (unpaired) electrons. The van der Waals surface area contributed by atoms with Crippen molar-refractivity contribution >= 4 is 142 Å². The fourth-order valence-corrected chi connectivity index (χ4v) is 18.9. The van der Waals surface area contributed by atoms with Gasteiger partial charge in [-0.25, -0.2) is 39.9 Å². The molecular weight excluding hydrogens is 1530 g/mol. The Bertz CT molecular complexity index is 7650. The molecule has 0 aliphatic heterocycles. The number of hydrogen-bond acceptors (Lipinski definition) is 16. The van der Waals surface area contributed by atoms with Gasteiger partial charge in [-0.15, -0.1) is 11.3 Å². The number of furan rings is 1. The molecule has 0 unspecified atom stereocenters. The van der Waals surface area contributed by atoms with Crippen LogP contribution in [-0.2, 0) is 0 Å². The maximum atomic E-state index is 6.35. The molecule has 0 bridgehead atoms. The topological polar surface area (TPSA) is 168 Å². The van der Waals surface area contributed by atoms with Gasteiger partial charge < -0.3 is 4.42 Å². The van der Waals surface area contributed by atoms with E-state index in [9.17, 15) is 0 Å². The Hall–Kier alpha value is -15.5. The molecule has 0 aliphatic carbocycles. The normalized spacial score (nSPS) is 11.7. The minimum atomic E-state index is 0.599. The molecule has 16 aromatic carbocycles. The fraction of sp³-hybridized carbons (Fsp3) is 0. The van der Waals surface area contributed by atoms with Crippen LogP contribution >= 0.6 is 34.8 Å². The third-order valence-corrected chi connectivity index (χ3v) is 24.8. The smallest absolute Gasteiger partial charge is 0.164 e. The minimum absolute atomic E-state index is 0.599. The molecule has 24 aromatic rings. The van der Waals surface area contributed by atoms with E-state index in [4.69, 9.17) is 53.0 Å². The number of para-hydroxylation sites is 2. The zero-order valence-electron chi connectivity index (χ0n) is 63.6. The molecule has 120 heavy (non-hydrogen) atoms. The van der Waals surface area contributed by atoms with Crippen molar-refractivity contribution in [1.29, 1.82) is 0 Å². The van der Waals surface area contributed by atoms with Crippen LogP contribution in [0.1, 0.15) is 0 Å². The number of aromatic nitrogens is 12. The second kappa shape index (κ2) is 29.4. The van der Waals surface area contributed by atoms with E-state index in [1.54, 1.807) is 0 Å². The van der Waals surface area contributed by atoms with E-state index < -0.39 is 0 Å². The van der Waals surface area contributed by atoms with Crippen molar-refractivity contribution < 1.29 is 4.42 Å². The van der Waals surface area contributed by atoms with Crippen LogP contribution in [0.3, 0.4) is 0 Å². The molecule has 13 nitrogen and oxygen atoms in total. The summed E-state index contributed by atoms with van der Waals surface area (Å²) in [5.41, 5.74) is 25.4. The molecular formula is C104H60N12OS3. The molecule has 8 heterocycles. The SMILES string of the molecule is c1ccc(-c2nc(-c3ccc(-c4ccc5c(c4)nc(-c4ccccc4)c4ccc6nsnc6c45)cc3)nc(-c3ccc(-c4cccc5c4oc4ccccc45)cc3)n2)cc1.c1ccc(-c2nc(-c3ccc(-c4ccc5c(c4)nc(-c4ccccc4)c4ccc6nsnc6c45)cc3)nc(-c3ccc(-c4cccc5c4sc4ccccc45)cc3)n2)cc1. The molecule has 0 atom stereocenters. The summed E-state index contributed by atoms with van der Waals surface area (Å²) in [7, 11) is 0. The Labute approximate surface area is 698 Å². The first-order valence-corrected chi connectivity index (χ1v) is 41.7. The van der Waals surface area contributed by atoms with E-state index in [0.29, 0.717) is 34.9 Å². The van der Waals surface area contributed by atoms with Crippen LogP contribution in [0.5, 0.6) is 0 Å². The van der Waals surface area contributed by atoms with Gasteiger partial charge in [0.1, 0.15) is 33.2 Å².